The predicted molar refractivity (Wildman–Crippen MR) is 48.8 cm³/mol. The monoisotopic (exact) mass is 219 g/mol. The van der Waals surface area contributed by atoms with Gasteiger partial charge in [-0.1, -0.05) is 0 Å². The third-order valence-corrected chi connectivity index (χ3v) is 1.66. The Morgan fingerprint density at radius 2 is 1.87 bits per heavy atom. The number of carbonyl (C=O) groups excluding carboxylic acids is 2. The Morgan fingerprint density at radius 3 is 2.27 bits per heavy atom. The van der Waals surface area contributed by atoms with Crippen LogP contribution in [0.25, 0.3) is 0 Å². The van der Waals surface area contributed by atoms with E-state index in [4.69, 9.17) is 9.47 Å². The Hall–Kier alpha value is -1.34. The van der Waals surface area contributed by atoms with E-state index < -0.39 is 24.3 Å². The number of carboxylic acids is 1. The molecule has 0 rings (SSSR count). The first-order valence-electron chi connectivity index (χ1n) is 4.32. The van der Waals surface area contributed by atoms with Crippen molar-refractivity contribution in [2.45, 2.75) is 19.3 Å². The fourth-order valence-corrected chi connectivity index (χ4v) is 0.746. The Kier molecular flexibility index (Phi) is 6.39. The van der Waals surface area contributed by atoms with Crippen molar-refractivity contribution in [3.63, 3.8) is 0 Å². The van der Waals surface area contributed by atoms with Crippen LogP contribution in [0, 0.1) is 0 Å². The number of carbonyl (C=O) groups is 2. The van der Waals surface area contributed by atoms with E-state index in [0.717, 1.165) is 0 Å². The van der Waals surface area contributed by atoms with Crippen LogP contribution in [0.4, 0.5) is 4.79 Å². The summed E-state index contributed by atoms with van der Waals surface area (Å²) in [6, 6.07) is -1.67. The van der Waals surface area contributed by atoms with E-state index in [1.807, 2.05) is 0 Å². The van der Waals surface area contributed by atoms with Crippen molar-refractivity contribution in [3.8, 4) is 0 Å². The summed E-state index contributed by atoms with van der Waals surface area (Å²) < 4.78 is 9.62. The average molecular weight is 219 g/mol. The molecule has 0 aliphatic rings. The van der Waals surface area contributed by atoms with Crippen molar-refractivity contribution in [1.82, 2.24) is 10.6 Å². The van der Waals surface area contributed by atoms with E-state index >= 15 is 0 Å². The third-order valence-electron chi connectivity index (χ3n) is 1.66. The van der Waals surface area contributed by atoms with E-state index in [1.165, 1.54) is 21.1 Å². The molecule has 88 valence electrons. The topological polar surface area (TPSA) is 99.7 Å². The van der Waals surface area contributed by atoms with Crippen LogP contribution in [-0.4, -0.2) is 45.1 Å². The van der Waals surface area contributed by atoms with E-state index in [0.29, 0.717) is 0 Å². The van der Waals surface area contributed by atoms with E-state index in [2.05, 4.69) is 10.6 Å². The minimum atomic E-state index is -1.35. The molecule has 2 N–H and O–H groups in total. The molecule has 0 aliphatic heterocycles. The lowest BCUT2D eigenvalue weighted by Gasteiger charge is -2.17. The molecule has 15 heavy (non-hydrogen) atoms. The fourth-order valence-electron chi connectivity index (χ4n) is 0.746. The molecule has 0 saturated carbocycles. The van der Waals surface area contributed by atoms with Gasteiger partial charge in [-0.05, 0) is 6.92 Å². The van der Waals surface area contributed by atoms with Crippen molar-refractivity contribution >= 4 is 12.0 Å². The molecule has 0 fully saturated rings. The lowest BCUT2D eigenvalue weighted by molar-refractivity contribution is -0.307. The van der Waals surface area contributed by atoms with Gasteiger partial charge in [0, 0.05) is 14.2 Å². The van der Waals surface area contributed by atoms with Crippen molar-refractivity contribution in [3.05, 3.63) is 0 Å². The van der Waals surface area contributed by atoms with Gasteiger partial charge in [-0.25, -0.2) is 4.79 Å². The number of methoxy groups -OCH3 is 2. The van der Waals surface area contributed by atoms with Crippen LogP contribution in [0.3, 0.4) is 0 Å². The molecule has 0 aromatic heterocycles. The van der Waals surface area contributed by atoms with E-state index in [-0.39, 0.29) is 6.54 Å². The number of hydrogen-bond acceptors (Lipinski definition) is 5. The van der Waals surface area contributed by atoms with Crippen LogP contribution in [0.2, 0.25) is 0 Å². The molecule has 0 radical (unpaired) electrons. The molecule has 0 aromatic carbocycles. The van der Waals surface area contributed by atoms with Crippen LogP contribution in [0.5, 0.6) is 0 Å². The van der Waals surface area contributed by atoms with Crippen LogP contribution in [0.15, 0.2) is 0 Å². The van der Waals surface area contributed by atoms with Gasteiger partial charge in [0.2, 0.25) is 0 Å². The van der Waals surface area contributed by atoms with Crippen LogP contribution >= 0.6 is 0 Å². The van der Waals surface area contributed by atoms with Crippen LogP contribution in [-0.2, 0) is 14.3 Å². The Labute approximate surface area is 87.7 Å². The van der Waals surface area contributed by atoms with Gasteiger partial charge in [-0.3, -0.25) is 0 Å². The number of aliphatic carboxylic acids is 1. The number of urea groups is 1. The molecular formula is C8H15N2O5-. The minimum Gasteiger partial charge on any atom is -0.548 e. The highest BCUT2D eigenvalue weighted by Crippen LogP contribution is 1.87. The SMILES string of the molecule is COC(CNC(=O)N[C@@H](C)C(=O)[O-])OC. The number of ether oxygens (including phenoxy) is 2. The Bertz CT molecular complexity index is 217. The second-order valence-electron chi connectivity index (χ2n) is 2.80. The van der Waals surface area contributed by atoms with Gasteiger partial charge in [-0.15, -0.1) is 0 Å². The standard InChI is InChI=1S/C8H16N2O5/c1-5(7(11)12)10-8(13)9-4-6(14-2)15-3/h5-6H,4H2,1-3H3,(H,11,12)(H2,9,10,13)/p-1/t5-/m0/s1. The molecular weight excluding hydrogens is 204 g/mol. The molecule has 7 nitrogen and oxygen atoms in total. The van der Waals surface area contributed by atoms with Gasteiger partial charge in [0.05, 0.1) is 18.6 Å². The highest BCUT2D eigenvalue weighted by Gasteiger charge is 2.10. The van der Waals surface area contributed by atoms with Gasteiger partial charge in [0.15, 0.2) is 6.29 Å². The van der Waals surface area contributed by atoms with Crippen LogP contribution in [0.1, 0.15) is 6.92 Å². The summed E-state index contributed by atoms with van der Waals surface area (Å²) in [7, 11) is 2.86. The summed E-state index contributed by atoms with van der Waals surface area (Å²) in [5, 5.41) is 14.8. The summed E-state index contributed by atoms with van der Waals surface area (Å²) in [5.74, 6) is -1.35. The molecule has 0 spiro atoms. The number of nitrogens with one attached hydrogen (secondary N) is 2. The first-order chi connectivity index (χ1) is 7.01. The van der Waals surface area contributed by atoms with E-state index in [9.17, 15) is 14.7 Å². The molecule has 7 heteroatoms. The number of carboxylic acid groups (broad SMARTS) is 1. The number of amides is 2. The summed E-state index contributed by atoms with van der Waals surface area (Å²) in [6.45, 7) is 1.43. The lowest BCUT2D eigenvalue weighted by Crippen LogP contribution is -2.50. The maximum atomic E-state index is 11.1. The zero-order valence-electron chi connectivity index (χ0n) is 8.90. The Balaban J connectivity index is 3.79. The summed E-state index contributed by atoms with van der Waals surface area (Å²) >= 11 is 0. The van der Waals surface area contributed by atoms with Gasteiger partial charge in [0.1, 0.15) is 0 Å². The molecule has 2 amide bonds. The molecule has 0 aromatic rings. The second-order valence-corrected chi connectivity index (χ2v) is 2.80. The van der Waals surface area contributed by atoms with E-state index in [1.54, 1.807) is 0 Å². The molecule has 0 bridgehead atoms. The second kappa shape index (κ2) is 7.02. The quantitative estimate of drug-likeness (QED) is 0.505. The zero-order chi connectivity index (χ0) is 11.8. The Morgan fingerprint density at radius 1 is 1.33 bits per heavy atom. The van der Waals surface area contributed by atoms with Crippen molar-refractivity contribution in [2.75, 3.05) is 20.8 Å². The summed E-state index contributed by atoms with van der Waals surface area (Å²) in [6.07, 6.45) is -0.561. The highest BCUT2D eigenvalue weighted by atomic mass is 16.7. The highest BCUT2D eigenvalue weighted by molar-refractivity contribution is 5.81. The number of rotatable bonds is 6. The smallest absolute Gasteiger partial charge is 0.315 e. The molecule has 0 saturated heterocycles. The normalized spacial score (nSPS) is 12.3. The first kappa shape index (κ1) is 13.7. The third kappa shape index (κ3) is 5.87. The molecule has 1 atom stereocenters. The van der Waals surface area contributed by atoms with Gasteiger partial charge in [0.25, 0.3) is 0 Å². The average Bonchev–Trinajstić information content (AvgIpc) is 2.19. The van der Waals surface area contributed by atoms with Gasteiger partial charge >= 0.3 is 6.03 Å². The van der Waals surface area contributed by atoms with Gasteiger partial charge in [-0.2, -0.15) is 0 Å². The number of hydrogen-bond donors (Lipinski definition) is 2. The van der Waals surface area contributed by atoms with Crippen LogP contribution < -0.4 is 15.7 Å². The zero-order valence-corrected chi connectivity index (χ0v) is 8.90. The predicted octanol–water partition coefficient (Wildman–Crippen LogP) is -1.96. The lowest BCUT2D eigenvalue weighted by atomic mass is 10.3. The van der Waals surface area contributed by atoms with Crippen molar-refractivity contribution in [2.24, 2.45) is 0 Å². The largest absolute Gasteiger partial charge is 0.548 e. The molecule has 0 aliphatic carbocycles. The van der Waals surface area contributed by atoms with Gasteiger partial charge < -0.3 is 30.0 Å². The maximum Gasteiger partial charge on any atom is 0.315 e. The fraction of sp³-hybridized carbons (Fsp3) is 0.750. The van der Waals surface area contributed by atoms with Crippen molar-refractivity contribution < 1.29 is 24.2 Å². The minimum absolute atomic E-state index is 0.124. The summed E-state index contributed by atoms with van der Waals surface area (Å²) in [5.41, 5.74) is 0. The molecule has 0 unspecified atom stereocenters. The summed E-state index contributed by atoms with van der Waals surface area (Å²) in [4.78, 5) is 21.4. The van der Waals surface area contributed by atoms with Crippen molar-refractivity contribution in [1.29, 1.82) is 0 Å². The maximum absolute atomic E-state index is 11.1. The molecule has 0 heterocycles. The first-order valence-corrected chi connectivity index (χ1v) is 4.32.